The Morgan fingerprint density at radius 1 is 1.15 bits per heavy atom. The van der Waals surface area contributed by atoms with Crippen LogP contribution in [0.3, 0.4) is 0 Å². The summed E-state index contributed by atoms with van der Waals surface area (Å²) in [4.78, 5) is 10.1. The van der Waals surface area contributed by atoms with Crippen LogP contribution in [0, 0.1) is 25.5 Å². The largest absolute Gasteiger partial charge is 0.355 e. The summed E-state index contributed by atoms with van der Waals surface area (Å²) >= 11 is 0. The highest BCUT2D eigenvalue weighted by Gasteiger charge is 2.57. The Balaban J connectivity index is 1.45. The lowest BCUT2D eigenvalue weighted by Crippen LogP contribution is -2.62. The molecular formula is C21H23F3N6O3S. The molecule has 2 atom stereocenters. The van der Waals surface area contributed by atoms with Gasteiger partial charge >= 0.3 is 0 Å². The predicted octanol–water partition coefficient (Wildman–Crippen LogP) is 2.22. The maximum absolute atomic E-state index is 15.8. The van der Waals surface area contributed by atoms with Crippen molar-refractivity contribution in [2.75, 3.05) is 31.1 Å². The highest BCUT2D eigenvalue weighted by molar-refractivity contribution is 7.89. The van der Waals surface area contributed by atoms with Crippen LogP contribution in [0.25, 0.3) is 11.0 Å². The number of aromatic nitrogens is 4. The monoisotopic (exact) mass is 496 g/mol. The molecule has 1 spiro atoms. The van der Waals surface area contributed by atoms with Gasteiger partial charge in [-0.1, -0.05) is 0 Å². The van der Waals surface area contributed by atoms with E-state index in [2.05, 4.69) is 15.1 Å². The zero-order valence-electron chi connectivity index (χ0n) is 18.8. The molecule has 0 unspecified atom stereocenters. The van der Waals surface area contributed by atoms with Crippen LogP contribution in [0.15, 0.2) is 23.2 Å². The van der Waals surface area contributed by atoms with Gasteiger partial charge in [0.05, 0.1) is 41.8 Å². The van der Waals surface area contributed by atoms with Crippen molar-refractivity contribution in [1.82, 2.24) is 24.1 Å². The van der Waals surface area contributed by atoms with Crippen LogP contribution >= 0.6 is 0 Å². The number of benzene rings is 1. The van der Waals surface area contributed by atoms with Crippen molar-refractivity contribution in [3.8, 4) is 0 Å². The quantitative estimate of drug-likeness (QED) is 0.549. The van der Waals surface area contributed by atoms with Gasteiger partial charge in [0.25, 0.3) is 0 Å². The van der Waals surface area contributed by atoms with Gasteiger partial charge in [-0.15, -0.1) is 0 Å². The fourth-order valence-corrected chi connectivity index (χ4v) is 6.93. The Morgan fingerprint density at radius 3 is 2.50 bits per heavy atom. The van der Waals surface area contributed by atoms with E-state index < -0.39 is 33.6 Å². The first-order chi connectivity index (χ1) is 16.0. The summed E-state index contributed by atoms with van der Waals surface area (Å²) in [6.45, 7) is 3.36. The third kappa shape index (κ3) is 3.36. The van der Waals surface area contributed by atoms with Gasteiger partial charge in [-0.2, -0.15) is 9.40 Å². The third-order valence-electron chi connectivity index (χ3n) is 6.56. The van der Waals surface area contributed by atoms with Gasteiger partial charge in [-0.3, -0.25) is 9.67 Å². The molecule has 4 heterocycles. The standard InChI is InChI=1S/C21H23F3N6O3S/c1-12-20(13(2)28(3)27-12)34(31,32)30-6-7-33-21(30)4-5-29(11-18(21)24)19-10-25-16-8-14(22)15(23)9-17(16)26-19/h8-10,18H,4-7,11H2,1-3H3/t18-,21+/m1/s1. The number of halogens is 3. The number of alkyl halides is 1. The number of ether oxygens (including phenoxy) is 1. The molecule has 2 saturated heterocycles. The Bertz CT molecular complexity index is 1400. The molecule has 2 aromatic heterocycles. The number of aryl methyl sites for hydroxylation is 2. The molecule has 34 heavy (non-hydrogen) atoms. The molecule has 0 N–H and O–H groups in total. The summed E-state index contributed by atoms with van der Waals surface area (Å²) in [6.07, 6.45) is -0.293. The molecule has 0 saturated carbocycles. The number of sulfonamides is 1. The highest BCUT2D eigenvalue weighted by atomic mass is 32.2. The summed E-state index contributed by atoms with van der Waals surface area (Å²) < 4.78 is 78.4. The van der Waals surface area contributed by atoms with Gasteiger partial charge < -0.3 is 9.64 Å². The molecule has 5 rings (SSSR count). The molecule has 2 aliphatic heterocycles. The number of piperidine rings is 1. The molecule has 0 bridgehead atoms. The minimum Gasteiger partial charge on any atom is -0.355 e. The number of fused-ring (bicyclic) bond motifs is 1. The minimum atomic E-state index is -4.08. The molecule has 0 radical (unpaired) electrons. The maximum atomic E-state index is 15.8. The van der Waals surface area contributed by atoms with Crippen molar-refractivity contribution in [3.63, 3.8) is 0 Å². The van der Waals surface area contributed by atoms with Crippen LogP contribution in [-0.2, 0) is 21.8 Å². The highest BCUT2D eigenvalue weighted by Crippen LogP contribution is 2.41. The topological polar surface area (TPSA) is 93.5 Å². The molecule has 0 aliphatic carbocycles. The van der Waals surface area contributed by atoms with Gasteiger partial charge in [0, 0.05) is 38.7 Å². The van der Waals surface area contributed by atoms with Crippen molar-refractivity contribution in [2.24, 2.45) is 7.05 Å². The van der Waals surface area contributed by atoms with Crippen molar-refractivity contribution < 1.29 is 26.3 Å². The molecule has 3 aromatic rings. The van der Waals surface area contributed by atoms with E-state index in [0.717, 1.165) is 16.4 Å². The Morgan fingerprint density at radius 2 is 1.85 bits per heavy atom. The second-order valence-corrected chi connectivity index (χ2v) is 10.3. The van der Waals surface area contributed by atoms with E-state index in [-0.39, 0.29) is 54.4 Å². The molecule has 13 heteroatoms. The zero-order valence-corrected chi connectivity index (χ0v) is 19.6. The van der Waals surface area contributed by atoms with Crippen LogP contribution < -0.4 is 4.90 Å². The first-order valence-electron chi connectivity index (χ1n) is 10.7. The average Bonchev–Trinajstić information content (AvgIpc) is 3.32. The van der Waals surface area contributed by atoms with Gasteiger partial charge in [0.15, 0.2) is 23.5 Å². The van der Waals surface area contributed by atoms with Crippen molar-refractivity contribution >= 4 is 26.9 Å². The zero-order chi connectivity index (χ0) is 24.4. The number of anilines is 1. The molecular weight excluding hydrogens is 473 g/mol. The molecule has 1 aromatic carbocycles. The number of nitrogens with zero attached hydrogens (tertiary/aromatic N) is 6. The van der Waals surface area contributed by atoms with Crippen molar-refractivity contribution in [1.29, 1.82) is 0 Å². The van der Waals surface area contributed by atoms with Gasteiger partial charge in [-0.25, -0.2) is 26.6 Å². The third-order valence-corrected chi connectivity index (χ3v) is 8.74. The minimum absolute atomic E-state index is 0.0249. The number of rotatable bonds is 3. The van der Waals surface area contributed by atoms with E-state index in [1.54, 1.807) is 25.8 Å². The second kappa shape index (κ2) is 7.89. The lowest BCUT2D eigenvalue weighted by Gasteiger charge is -2.45. The number of hydrogen-bond acceptors (Lipinski definition) is 7. The van der Waals surface area contributed by atoms with Gasteiger partial charge in [0.2, 0.25) is 10.0 Å². The van der Waals surface area contributed by atoms with Crippen LogP contribution in [0.5, 0.6) is 0 Å². The Labute approximate surface area is 194 Å². The first-order valence-corrected chi connectivity index (χ1v) is 12.2. The molecule has 182 valence electrons. The SMILES string of the molecule is Cc1nn(C)c(C)c1S(=O)(=O)N1CCO[C@]12CCN(c1cnc3cc(F)c(F)cc3n1)C[C@H]2F. The van der Waals surface area contributed by atoms with Crippen LogP contribution in [0.1, 0.15) is 17.8 Å². The van der Waals surface area contributed by atoms with E-state index in [1.807, 2.05) is 0 Å². The first kappa shape index (κ1) is 23.0. The van der Waals surface area contributed by atoms with E-state index in [9.17, 15) is 17.2 Å². The van der Waals surface area contributed by atoms with Crippen molar-refractivity contribution in [3.05, 3.63) is 41.4 Å². The maximum Gasteiger partial charge on any atom is 0.249 e. The molecule has 2 fully saturated rings. The van der Waals surface area contributed by atoms with E-state index in [1.165, 1.54) is 10.9 Å². The lowest BCUT2D eigenvalue weighted by molar-refractivity contribution is -0.116. The van der Waals surface area contributed by atoms with Gasteiger partial charge in [0.1, 0.15) is 10.7 Å². The number of hydrogen-bond donors (Lipinski definition) is 0. The predicted molar refractivity (Wildman–Crippen MR) is 116 cm³/mol. The molecule has 2 aliphatic rings. The molecule has 9 nitrogen and oxygen atoms in total. The average molecular weight is 497 g/mol. The Kier molecular flexibility index (Phi) is 5.33. The van der Waals surface area contributed by atoms with E-state index in [4.69, 9.17) is 4.74 Å². The smallest absolute Gasteiger partial charge is 0.249 e. The summed E-state index contributed by atoms with van der Waals surface area (Å²) in [5.74, 6) is -1.81. The second-order valence-electron chi connectivity index (χ2n) is 8.54. The lowest BCUT2D eigenvalue weighted by atomic mass is 9.98. The summed E-state index contributed by atoms with van der Waals surface area (Å²) in [5.41, 5.74) is -0.543. The van der Waals surface area contributed by atoms with E-state index >= 15 is 4.39 Å². The fraction of sp³-hybridized carbons (Fsp3) is 0.476. The molecule has 0 amide bonds. The van der Waals surface area contributed by atoms with Crippen molar-refractivity contribution in [2.45, 2.75) is 37.1 Å². The summed E-state index contributed by atoms with van der Waals surface area (Å²) in [7, 11) is -2.43. The van der Waals surface area contributed by atoms with Gasteiger partial charge in [-0.05, 0) is 13.8 Å². The van der Waals surface area contributed by atoms with Crippen LogP contribution in [0.4, 0.5) is 19.0 Å². The van der Waals surface area contributed by atoms with Crippen LogP contribution in [0.2, 0.25) is 0 Å². The fourth-order valence-electron chi connectivity index (χ4n) is 4.81. The normalized spacial score (nSPS) is 23.9. The Hall–Kier alpha value is -2.77. The van der Waals surface area contributed by atoms with E-state index in [0.29, 0.717) is 11.4 Å². The summed E-state index contributed by atoms with van der Waals surface area (Å²) in [6, 6.07) is 1.88. The van der Waals surface area contributed by atoms with Crippen LogP contribution in [-0.4, -0.2) is 70.6 Å². The summed E-state index contributed by atoms with van der Waals surface area (Å²) in [5, 5.41) is 4.19.